The van der Waals surface area contributed by atoms with Crippen LogP contribution in [-0.4, -0.2) is 28.5 Å². The normalized spacial score (nSPS) is 12.0. The lowest BCUT2D eigenvalue weighted by Gasteiger charge is -2.28. The maximum absolute atomic E-state index is 12.7. The van der Waals surface area contributed by atoms with E-state index < -0.39 is 0 Å². The first-order valence-corrected chi connectivity index (χ1v) is 25.0. The van der Waals surface area contributed by atoms with E-state index in [1.807, 2.05) is 0 Å². The summed E-state index contributed by atoms with van der Waals surface area (Å²) < 4.78 is 16.7. The fraction of sp³-hybridized carbons (Fsp3) is 0.0455. The summed E-state index contributed by atoms with van der Waals surface area (Å²) in [5.74, 6) is 0.681. The summed E-state index contributed by atoms with van der Waals surface area (Å²) in [5, 5.41) is 31.4. The van der Waals surface area contributed by atoms with E-state index in [0.29, 0.717) is 28.4 Å². The number of nitrogens with zero attached hydrogens (tertiary/aromatic N) is 7. The summed E-state index contributed by atoms with van der Waals surface area (Å²) in [4.78, 5) is 0. The highest BCUT2D eigenvalue weighted by Gasteiger charge is 2.37. The molecule has 0 aliphatic rings. The van der Waals surface area contributed by atoms with Gasteiger partial charge < -0.3 is 22.7 Å². The predicted molar refractivity (Wildman–Crippen MR) is 301 cm³/mol. The van der Waals surface area contributed by atoms with Gasteiger partial charge in [0.1, 0.15) is 11.6 Å². The monoisotopic (exact) mass is 949 g/mol. The molecule has 0 N–H and O–H groups in total. The minimum absolute atomic E-state index is 0.278. The van der Waals surface area contributed by atoms with Crippen LogP contribution in [0.5, 0.6) is 0 Å². The van der Waals surface area contributed by atoms with Gasteiger partial charge in [-0.3, -0.25) is 0 Å². The molecule has 0 aliphatic carbocycles. The molecule has 0 bridgehead atoms. The van der Waals surface area contributed by atoms with Crippen LogP contribution in [0.3, 0.4) is 0 Å². The van der Waals surface area contributed by atoms with Crippen molar-refractivity contribution in [1.29, 1.82) is 5.26 Å². The number of nitriles is 1. The van der Waals surface area contributed by atoms with Crippen LogP contribution < -0.4 is 0 Å². The number of aromatic nitrogens is 6. The number of para-hydroxylation sites is 8. The minimum Gasteiger partial charge on any atom is -0.416 e. The number of aryl methyl sites for hydroxylation is 3. The zero-order valence-electron chi connectivity index (χ0n) is 40.7. The van der Waals surface area contributed by atoms with Gasteiger partial charge in [0.05, 0.1) is 72.4 Å². The Labute approximate surface area is 424 Å². The van der Waals surface area contributed by atoms with Crippen LogP contribution in [0.2, 0.25) is 0 Å². The number of rotatable bonds is 6. The number of hydrogen-bond donors (Lipinski definition) is 0. The van der Waals surface area contributed by atoms with Gasteiger partial charge in [-0.15, -0.1) is 10.2 Å². The Morgan fingerprint density at radius 3 is 0.932 bits per heavy atom. The maximum atomic E-state index is 12.7. The molecule has 0 fully saturated rings. The Morgan fingerprint density at radius 1 is 0.338 bits per heavy atom. The molecular weight excluding hydrogens is 907 g/mol. The lowest BCUT2D eigenvalue weighted by molar-refractivity contribution is 0.583. The van der Waals surface area contributed by atoms with Gasteiger partial charge in [-0.05, 0) is 80.4 Å². The van der Waals surface area contributed by atoms with Crippen molar-refractivity contribution in [2.75, 3.05) is 0 Å². The zero-order valence-corrected chi connectivity index (χ0v) is 40.7. The highest BCUT2D eigenvalue weighted by Crippen LogP contribution is 2.52. The molecular formula is C66H43N7O. The van der Waals surface area contributed by atoms with Crippen molar-refractivity contribution < 1.29 is 4.42 Å². The van der Waals surface area contributed by atoms with Crippen LogP contribution in [0.4, 0.5) is 0 Å². The topological polar surface area (TPSA) is 82.4 Å². The molecule has 5 aromatic heterocycles. The molecule has 348 valence electrons. The molecule has 0 atom stereocenters. The number of benzene rings is 10. The highest BCUT2D eigenvalue weighted by molar-refractivity contribution is 6.17. The molecule has 0 saturated heterocycles. The lowest BCUT2D eigenvalue weighted by atomic mass is 9.97. The molecule has 0 unspecified atom stereocenters. The van der Waals surface area contributed by atoms with Crippen molar-refractivity contribution in [2.24, 2.45) is 0 Å². The Kier molecular flexibility index (Phi) is 8.90. The van der Waals surface area contributed by atoms with E-state index in [0.717, 1.165) is 121 Å². The quantitative estimate of drug-likeness (QED) is 0.166. The zero-order chi connectivity index (χ0) is 49.3. The number of hydrogen-bond acceptors (Lipinski definition) is 4. The molecule has 8 heteroatoms. The molecule has 0 spiro atoms. The Bertz CT molecular complexity index is 4680. The first-order valence-electron chi connectivity index (χ1n) is 25.0. The fourth-order valence-electron chi connectivity index (χ4n) is 12.5. The van der Waals surface area contributed by atoms with E-state index in [1.54, 1.807) is 0 Å². The summed E-state index contributed by atoms with van der Waals surface area (Å²) in [6.45, 7) is 6.30. The van der Waals surface area contributed by atoms with Crippen molar-refractivity contribution in [3.05, 3.63) is 229 Å². The van der Waals surface area contributed by atoms with Gasteiger partial charge in [0.25, 0.3) is 5.89 Å². The summed E-state index contributed by atoms with van der Waals surface area (Å²) in [6, 6.07) is 75.8. The van der Waals surface area contributed by atoms with Gasteiger partial charge in [0.2, 0.25) is 5.89 Å². The largest absolute Gasteiger partial charge is 0.416 e. The molecule has 10 aromatic carbocycles. The summed E-state index contributed by atoms with van der Waals surface area (Å²) in [6.07, 6.45) is 0. The van der Waals surface area contributed by atoms with Crippen LogP contribution in [0.25, 0.3) is 133 Å². The Balaban J connectivity index is 1.29. The van der Waals surface area contributed by atoms with E-state index in [2.05, 4.69) is 251 Å². The SMILES string of the molecule is Cc1cc(C)c(-c2nnc(-c3c(-n4c5ccccc5c5ccccc54)c(C#N)c(-n4c5ccccc5c5ccccc54)c(-n4c5ccccc5c5ccccc54)c3-n3c4ccccc4c4ccccc43)o2)c(C)c1. The first kappa shape index (κ1) is 41.8. The fourth-order valence-corrected chi connectivity index (χ4v) is 12.5. The molecule has 0 radical (unpaired) electrons. The molecule has 8 nitrogen and oxygen atoms in total. The second-order valence-corrected chi connectivity index (χ2v) is 19.4. The number of fused-ring (bicyclic) bond motifs is 12. The summed E-state index contributed by atoms with van der Waals surface area (Å²) >= 11 is 0. The highest BCUT2D eigenvalue weighted by atomic mass is 16.4. The van der Waals surface area contributed by atoms with Crippen molar-refractivity contribution >= 4 is 87.2 Å². The van der Waals surface area contributed by atoms with Gasteiger partial charge in [-0.25, -0.2) is 0 Å². The van der Waals surface area contributed by atoms with E-state index >= 15 is 0 Å². The Morgan fingerprint density at radius 2 is 0.608 bits per heavy atom. The minimum atomic E-state index is 0.278. The second-order valence-electron chi connectivity index (χ2n) is 19.4. The summed E-state index contributed by atoms with van der Waals surface area (Å²) in [5.41, 5.74) is 15.7. The standard InChI is InChI=1S/C66H43N7O/c1-39-36-40(2)59(41(3)37-39)65-68-69-66(74-65)60-61(70-51-28-12-4-20-42(51)43-21-5-13-29-52(43)70)50(38-67)62(71-53-30-14-6-22-44(53)45-23-7-15-31-54(45)71)64(73-57-34-18-10-26-48(57)49-27-11-19-35-58(49)73)63(60)72-55-32-16-8-24-46(55)47-25-9-17-33-56(47)72/h4-37H,1-3H3. The lowest BCUT2D eigenvalue weighted by Crippen LogP contribution is -2.16. The van der Waals surface area contributed by atoms with Gasteiger partial charge in [-0.1, -0.05) is 163 Å². The summed E-state index contributed by atoms with van der Waals surface area (Å²) in [7, 11) is 0. The van der Waals surface area contributed by atoms with Gasteiger partial charge in [0, 0.05) is 48.7 Å². The molecule has 15 aromatic rings. The molecule has 5 heterocycles. The third-order valence-electron chi connectivity index (χ3n) is 15.3. The van der Waals surface area contributed by atoms with Crippen LogP contribution in [0, 0.1) is 32.1 Å². The first-order chi connectivity index (χ1) is 36.5. The third kappa shape index (κ3) is 5.72. The van der Waals surface area contributed by atoms with Crippen LogP contribution in [0.15, 0.2) is 211 Å². The van der Waals surface area contributed by atoms with Gasteiger partial charge >= 0.3 is 0 Å². The van der Waals surface area contributed by atoms with Crippen LogP contribution in [-0.2, 0) is 0 Å². The van der Waals surface area contributed by atoms with Crippen LogP contribution in [0.1, 0.15) is 22.3 Å². The molecule has 0 saturated carbocycles. The van der Waals surface area contributed by atoms with E-state index in [-0.39, 0.29) is 5.89 Å². The maximum Gasteiger partial charge on any atom is 0.252 e. The average Bonchev–Trinajstić information content (AvgIpc) is 4.26. The third-order valence-corrected chi connectivity index (χ3v) is 15.3. The van der Waals surface area contributed by atoms with Crippen molar-refractivity contribution in [3.63, 3.8) is 0 Å². The van der Waals surface area contributed by atoms with E-state index in [1.165, 1.54) is 0 Å². The van der Waals surface area contributed by atoms with Crippen molar-refractivity contribution in [2.45, 2.75) is 20.8 Å². The van der Waals surface area contributed by atoms with E-state index in [9.17, 15) is 5.26 Å². The van der Waals surface area contributed by atoms with E-state index in [4.69, 9.17) is 14.6 Å². The van der Waals surface area contributed by atoms with Gasteiger partial charge in [-0.2, -0.15) is 5.26 Å². The molecule has 0 aliphatic heterocycles. The van der Waals surface area contributed by atoms with Crippen molar-refractivity contribution in [3.8, 4) is 51.7 Å². The molecule has 15 rings (SSSR count). The van der Waals surface area contributed by atoms with Crippen molar-refractivity contribution in [1.82, 2.24) is 28.5 Å². The average molecular weight is 950 g/mol. The van der Waals surface area contributed by atoms with Gasteiger partial charge in [0.15, 0.2) is 0 Å². The molecule has 0 amide bonds. The molecule has 74 heavy (non-hydrogen) atoms. The predicted octanol–water partition coefficient (Wildman–Crippen LogP) is 16.6. The Hall–Kier alpha value is -9.97. The smallest absolute Gasteiger partial charge is 0.252 e. The van der Waals surface area contributed by atoms with Crippen LogP contribution >= 0.6 is 0 Å². The second kappa shape index (κ2) is 15.8.